The summed E-state index contributed by atoms with van der Waals surface area (Å²) < 4.78 is 54.0. The molecule has 0 aliphatic rings. The zero-order valence-electron chi connectivity index (χ0n) is 15.8. The van der Waals surface area contributed by atoms with Crippen molar-refractivity contribution in [1.82, 2.24) is 4.57 Å². The van der Waals surface area contributed by atoms with Crippen molar-refractivity contribution in [2.75, 3.05) is 4.72 Å². The number of amides is 1. The maximum atomic E-state index is 14.3. The van der Waals surface area contributed by atoms with Gasteiger partial charge in [0, 0.05) is 22.7 Å². The van der Waals surface area contributed by atoms with Crippen molar-refractivity contribution in [3.8, 4) is 16.8 Å². The van der Waals surface area contributed by atoms with Gasteiger partial charge in [0.1, 0.15) is 17.3 Å². The van der Waals surface area contributed by atoms with E-state index in [-0.39, 0.29) is 16.9 Å². The van der Waals surface area contributed by atoms with Gasteiger partial charge in [0.2, 0.25) is 0 Å². The van der Waals surface area contributed by atoms with Crippen LogP contribution in [0, 0.1) is 11.6 Å². The number of aromatic nitrogens is 1. The summed E-state index contributed by atoms with van der Waals surface area (Å²) in [4.78, 5) is 12.1. The van der Waals surface area contributed by atoms with E-state index in [1.807, 2.05) is 0 Å². The number of benzene rings is 3. The van der Waals surface area contributed by atoms with Crippen LogP contribution in [0.15, 0.2) is 66.7 Å². The lowest BCUT2D eigenvalue weighted by molar-refractivity contribution is 0.0994. The molecule has 7 nitrogen and oxygen atoms in total. The summed E-state index contributed by atoms with van der Waals surface area (Å²) >= 11 is 0. The van der Waals surface area contributed by atoms with E-state index in [1.54, 1.807) is 36.4 Å². The number of halogens is 2. The first-order valence-corrected chi connectivity index (χ1v) is 10.5. The number of rotatable bonds is 5. The molecule has 0 aliphatic carbocycles. The van der Waals surface area contributed by atoms with Crippen molar-refractivity contribution in [2.24, 2.45) is 10.9 Å². The fraction of sp³-hybridized carbons (Fsp3) is 0. The third-order valence-corrected chi connectivity index (χ3v) is 5.18. The second-order valence-electron chi connectivity index (χ2n) is 6.82. The van der Waals surface area contributed by atoms with Crippen molar-refractivity contribution in [3.05, 3.63) is 84.1 Å². The van der Waals surface area contributed by atoms with Gasteiger partial charge in [-0.2, -0.15) is 8.42 Å². The lowest BCUT2D eigenvalue weighted by atomic mass is 10.0. The predicted molar refractivity (Wildman–Crippen MR) is 114 cm³/mol. The lowest BCUT2D eigenvalue weighted by Crippen LogP contribution is -2.21. The second kappa shape index (κ2) is 7.49. The number of nitrogens with two attached hydrogens (primary N) is 2. The summed E-state index contributed by atoms with van der Waals surface area (Å²) in [6.07, 6.45) is 0. The van der Waals surface area contributed by atoms with Gasteiger partial charge in [-0.1, -0.05) is 18.2 Å². The number of nitrogens with one attached hydrogen (secondary N) is 1. The fourth-order valence-electron chi connectivity index (χ4n) is 3.42. The van der Waals surface area contributed by atoms with E-state index in [1.165, 1.54) is 22.8 Å². The molecule has 1 aromatic heterocycles. The molecule has 1 amide bonds. The summed E-state index contributed by atoms with van der Waals surface area (Å²) in [6, 6.07) is 16.0. The van der Waals surface area contributed by atoms with Crippen LogP contribution < -0.4 is 15.6 Å². The molecular formula is C21H16F2N4O3S. The molecule has 4 aromatic rings. The highest BCUT2D eigenvalue weighted by atomic mass is 32.2. The summed E-state index contributed by atoms with van der Waals surface area (Å²) in [5.41, 5.74) is 7.45. The van der Waals surface area contributed by atoms with Crippen LogP contribution in [0.5, 0.6) is 0 Å². The van der Waals surface area contributed by atoms with Gasteiger partial charge in [-0.25, -0.2) is 13.9 Å². The smallest absolute Gasteiger partial charge is 0.296 e. The first-order chi connectivity index (χ1) is 14.6. The van der Waals surface area contributed by atoms with Crippen LogP contribution in [0.4, 0.5) is 14.5 Å². The monoisotopic (exact) mass is 442 g/mol. The standard InChI is InChI=1S/C21H16F2N4O3S/c22-14-5-7-17(18(23)10-14)12-2-1-3-16(8-12)27-19-11-15(26-31(25,29)30)6-4-13(19)9-20(27)21(24)28/h1-11,26H,(H2,24,28)(H2,25,29,30). The molecule has 0 bridgehead atoms. The highest BCUT2D eigenvalue weighted by molar-refractivity contribution is 7.90. The number of fused-ring (bicyclic) bond motifs is 1. The Morgan fingerprint density at radius 1 is 0.968 bits per heavy atom. The van der Waals surface area contributed by atoms with Gasteiger partial charge >= 0.3 is 0 Å². The fourth-order valence-corrected chi connectivity index (χ4v) is 3.88. The SMILES string of the molecule is NC(=O)c1cc2ccc(NS(N)(=O)=O)cc2n1-c1cccc(-c2ccc(F)cc2F)c1. The zero-order valence-corrected chi connectivity index (χ0v) is 16.7. The molecule has 0 aliphatic heterocycles. The van der Waals surface area contributed by atoms with E-state index in [2.05, 4.69) is 4.72 Å². The molecule has 31 heavy (non-hydrogen) atoms. The second-order valence-corrected chi connectivity index (χ2v) is 8.12. The molecule has 0 saturated carbocycles. The number of carbonyl (C=O) groups excluding carboxylic acids is 1. The summed E-state index contributed by atoms with van der Waals surface area (Å²) in [5, 5.41) is 5.66. The minimum absolute atomic E-state index is 0.138. The van der Waals surface area contributed by atoms with Crippen molar-refractivity contribution in [1.29, 1.82) is 0 Å². The third-order valence-electron chi connectivity index (χ3n) is 4.66. The average molecular weight is 442 g/mol. The van der Waals surface area contributed by atoms with Crippen LogP contribution >= 0.6 is 0 Å². The zero-order chi connectivity index (χ0) is 22.3. The Hall–Kier alpha value is -3.76. The first kappa shape index (κ1) is 20.5. The molecule has 3 aromatic carbocycles. The van der Waals surface area contributed by atoms with Gasteiger partial charge in [0.15, 0.2) is 0 Å². The van der Waals surface area contributed by atoms with Crippen LogP contribution in [-0.2, 0) is 10.2 Å². The molecule has 1 heterocycles. The maximum absolute atomic E-state index is 14.3. The number of hydrogen-bond donors (Lipinski definition) is 3. The molecule has 0 unspecified atom stereocenters. The van der Waals surface area contributed by atoms with Gasteiger partial charge in [-0.15, -0.1) is 0 Å². The Labute approximate surface area is 176 Å². The molecule has 10 heteroatoms. The number of primary amides is 1. The summed E-state index contributed by atoms with van der Waals surface area (Å²) in [6.45, 7) is 0. The minimum atomic E-state index is -4.01. The first-order valence-electron chi connectivity index (χ1n) is 8.94. The molecule has 0 fully saturated rings. The van der Waals surface area contributed by atoms with Gasteiger partial charge in [0.25, 0.3) is 16.1 Å². The highest BCUT2D eigenvalue weighted by Crippen LogP contribution is 2.30. The molecule has 0 radical (unpaired) electrons. The lowest BCUT2D eigenvalue weighted by Gasteiger charge is -2.12. The normalized spacial score (nSPS) is 11.6. The number of carbonyl (C=O) groups is 1. The number of anilines is 1. The van der Waals surface area contributed by atoms with Gasteiger partial charge in [0.05, 0.1) is 11.2 Å². The van der Waals surface area contributed by atoms with Crippen molar-refractivity contribution < 1.29 is 22.0 Å². The Kier molecular flexibility index (Phi) is 4.96. The highest BCUT2D eigenvalue weighted by Gasteiger charge is 2.17. The van der Waals surface area contributed by atoms with Crippen LogP contribution in [0.25, 0.3) is 27.7 Å². The summed E-state index contributed by atoms with van der Waals surface area (Å²) in [5.74, 6) is -2.14. The van der Waals surface area contributed by atoms with Crippen LogP contribution in [0.1, 0.15) is 10.5 Å². The van der Waals surface area contributed by atoms with Crippen LogP contribution in [0.3, 0.4) is 0 Å². The van der Waals surface area contributed by atoms with Crippen molar-refractivity contribution in [3.63, 3.8) is 0 Å². The Bertz CT molecular complexity index is 1450. The number of nitrogens with zero attached hydrogens (tertiary/aromatic N) is 1. The molecule has 0 spiro atoms. The van der Waals surface area contributed by atoms with E-state index in [4.69, 9.17) is 10.9 Å². The molecule has 5 N–H and O–H groups in total. The molecular weight excluding hydrogens is 426 g/mol. The quantitative estimate of drug-likeness (QED) is 0.440. The van der Waals surface area contributed by atoms with Gasteiger partial charge < -0.3 is 10.3 Å². The molecule has 158 valence electrons. The summed E-state index contributed by atoms with van der Waals surface area (Å²) in [7, 11) is -4.01. The topological polar surface area (TPSA) is 120 Å². The van der Waals surface area contributed by atoms with Crippen molar-refractivity contribution in [2.45, 2.75) is 0 Å². The van der Waals surface area contributed by atoms with Gasteiger partial charge in [-0.05, 0) is 48.0 Å². The van der Waals surface area contributed by atoms with Crippen LogP contribution in [-0.4, -0.2) is 18.9 Å². The molecule has 4 rings (SSSR count). The number of hydrogen-bond acceptors (Lipinski definition) is 3. The van der Waals surface area contributed by atoms with Crippen molar-refractivity contribution >= 4 is 32.7 Å². The van der Waals surface area contributed by atoms with Crippen LogP contribution in [0.2, 0.25) is 0 Å². The minimum Gasteiger partial charge on any atom is -0.364 e. The molecule has 0 atom stereocenters. The van der Waals surface area contributed by atoms with E-state index >= 15 is 0 Å². The van der Waals surface area contributed by atoms with E-state index in [0.29, 0.717) is 22.2 Å². The van der Waals surface area contributed by atoms with E-state index in [9.17, 15) is 22.0 Å². The van der Waals surface area contributed by atoms with E-state index in [0.717, 1.165) is 12.1 Å². The Morgan fingerprint density at radius 3 is 2.42 bits per heavy atom. The van der Waals surface area contributed by atoms with Gasteiger partial charge in [-0.3, -0.25) is 9.52 Å². The molecule has 0 saturated heterocycles. The van der Waals surface area contributed by atoms with E-state index < -0.39 is 27.8 Å². The Morgan fingerprint density at radius 2 is 1.74 bits per heavy atom. The third kappa shape index (κ3) is 4.11. The predicted octanol–water partition coefficient (Wildman–Crippen LogP) is 3.29. The Balaban J connectivity index is 1.93. The average Bonchev–Trinajstić information content (AvgIpc) is 3.06. The maximum Gasteiger partial charge on any atom is 0.296 e. The largest absolute Gasteiger partial charge is 0.364 e.